The predicted molar refractivity (Wildman–Crippen MR) is 70.3 cm³/mol. The van der Waals surface area contributed by atoms with Gasteiger partial charge in [0.15, 0.2) is 0 Å². The van der Waals surface area contributed by atoms with E-state index in [0.717, 1.165) is 22.5 Å². The minimum absolute atomic E-state index is 0.171. The van der Waals surface area contributed by atoms with Gasteiger partial charge in [-0.15, -0.1) is 0 Å². The molecule has 2 N–H and O–H groups in total. The fourth-order valence-electron chi connectivity index (χ4n) is 1.93. The van der Waals surface area contributed by atoms with Gasteiger partial charge in [0.2, 0.25) is 0 Å². The Hall–Kier alpha value is -1.68. The van der Waals surface area contributed by atoms with E-state index in [2.05, 4.69) is 5.10 Å². The van der Waals surface area contributed by atoms with Crippen molar-refractivity contribution in [1.29, 1.82) is 0 Å². The molecule has 0 bridgehead atoms. The topological polar surface area (TPSA) is 43.8 Å². The summed E-state index contributed by atoms with van der Waals surface area (Å²) in [5.74, 6) is -0.296. The van der Waals surface area contributed by atoms with Gasteiger partial charge in [0.1, 0.15) is 11.5 Å². The van der Waals surface area contributed by atoms with E-state index >= 15 is 0 Å². The highest BCUT2D eigenvalue weighted by Crippen LogP contribution is 2.21. The molecule has 1 atom stereocenters. The summed E-state index contributed by atoms with van der Waals surface area (Å²) in [4.78, 5) is 0. The number of aromatic nitrogens is 2. The first-order valence-electron chi connectivity index (χ1n) is 6.00. The van der Waals surface area contributed by atoms with Crippen LogP contribution in [0.5, 0.6) is 0 Å². The van der Waals surface area contributed by atoms with Crippen molar-refractivity contribution in [2.24, 2.45) is 5.73 Å². The Kier molecular flexibility index (Phi) is 3.22. The van der Waals surface area contributed by atoms with Crippen LogP contribution < -0.4 is 5.73 Å². The molecule has 0 saturated carbocycles. The molecule has 1 aromatic heterocycles. The molecule has 0 radical (unpaired) electrons. The van der Waals surface area contributed by atoms with Crippen LogP contribution in [0.1, 0.15) is 35.5 Å². The number of aryl methyl sites for hydroxylation is 1. The van der Waals surface area contributed by atoms with Gasteiger partial charge in [-0.2, -0.15) is 5.10 Å². The molecule has 0 amide bonds. The number of nitrogens with zero attached hydrogens (tertiary/aromatic N) is 2. The first-order chi connectivity index (χ1) is 8.41. The van der Waals surface area contributed by atoms with Crippen LogP contribution in [-0.4, -0.2) is 9.78 Å². The molecule has 0 aliphatic rings. The third kappa shape index (κ3) is 2.04. The highest BCUT2D eigenvalue weighted by Gasteiger charge is 2.13. The zero-order valence-corrected chi connectivity index (χ0v) is 11.2. The Labute approximate surface area is 106 Å². The molecule has 0 aliphatic carbocycles. The summed E-state index contributed by atoms with van der Waals surface area (Å²) in [6, 6.07) is 4.88. The lowest BCUT2D eigenvalue weighted by molar-refractivity contribution is 0.603. The molecule has 2 aromatic rings. The molecule has 0 unspecified atom stereocenters. The monoisotopic (exact) mass is 247 g/mol. The number of hydrogen-bond acceptors (Lipinski definition) is 2. The van der Waals surface area contributed by atoms with Gasteiger partial charge in [0.05, 0.1) is 5.69 Å². The zero-order valence-electron chi connectivity index (χ0n) is 11.2. The van der Waals surface area contributed by atoms with Crippen LogP contribution in [0.4, 0.5) is 4.39 Å². The molecule has 0 aliphatic heterocycles. The predicted octanol–water partition coefficient (Wildman–Crippen LogP) is 2.96. The minimum atomic E-state index is -0.296. The fourth-order valence-corrected chi connectivity index (χ4v) is 1.93. The number of halogens is 1. The molecule has 3 nitrogen and oxygen atoms in total. The van der Waals surface area contributed by atoms with Crippen molar-refractivity contribution in [2.75, 3.05) is 0 Å². The number of benzene rings is 1. The van der Waals surface area contributed by atoms with Gasteiger partial charge < -0.3 is 5.73 Å². The second kappa shape index (κ2) is 4.53. The number of rotatable bonds is 2. The molecule has 0 saturated heterocycles. The summed E-state index contributed by atoms with van der Waals surface area (Å²) >= 11 is 0. The summed E-state index contributed by atoms with van der Waals surface area (Å²) in [5.41, 5.74) is 9.96. The highest BCUT2D eigenvalue weighted by molar-refractivity contribution is 5.40. The summed E-state index contributed by atoms with van der Waals surface area (Å²) in [7, 11) is 0. The van der Waals surface area contributed by atoms with Gasteiger partial charge in [0.25, 0.3) is 0 Å². The van der Waals surface area contributed by atoms with E-state index in [-0.39, 0.29) is 11.9 Å². The molecule has 0 fully saturated rings. The SMILES string of the molecule is Cc1nn(-c2ccc([C@H](C)N)cc2F)c(C)c1C. The van der Waals surface area contributed by atoms with E-state index in [9.17, 15) is 4.39 Å². The van der Waals surface area contributed by atoms with Crippen LogP contribution >= 0.6 is 0 Å². The van der Waals surface area contributed by atoms with Gasteiger partial charge in [-0.05, 0) is 51.0 Å². The van der Waals surface area contributed by atoms with E-state index in [0.29, 0.717) is 5.69 Å². The van der Waals surface area contributed by atoms with Gasteiger partial charge in [0, 0.05) is 11.7 Å². The molecule has 96 valence electrons. The second-order valence-corrected chi connectivity index (χ2v) is 4.71. The third-order valence-corrected chi connectivity index (χ3v) is 3.38. The van der Waals surface area contributed by atoms with Crippen molar-refractivity contribution in [3.8, 4) is 5.69 Å². The van der Waals surface area contributed by atoms with E-state index in [1.54, 1.807) is 10.7 Å². The van der Waals surface area contributed by atoms with Crippen LogP contribution in [0.3, 0.4) is 0 Å². The summed E-state index contributed by atoms with van der Waals surface area (Å²) in [6.45, 7) is 7.69. The number of nitrogens with two attached hydrogens (primary N) is 1. The molecule has 0 spiro atoms. The zero-order chi connectivity index (χ0) is 13.4. The van der Waals surface area contributed by atoms with Crippen LogP contribution in [0.2, 0.25) is 0 Å². The first kappa shape index (κ1) is 12.8. The summed E-state index contributed by atoms with van der Waals surface area (Å²) in [5, 5.41) is 4.36. The molecule has 18 heavy (non-hydrogen) atoms. The molecular weight excluding hydrogens is 229 g/mol. The standard InChI is InChI=1S/C14H18FN3/c1-8-10(3)17-18(11(8)4)14-6-5-12(9(2)16)7-13(14)15/h5-7,9H,16H2,1-4H3/t9-/m0/s1. The lowest BCUT2D eigenvalue weighted by Crippen LogP contribution is -2.08. The fraction of sp³-hybridized carbons (Fsp3) is 0.357. The molecular formula is C14H18FN3. The number of hydrogen-bond donors (Lipinski definition) is 1. The maximum absolute atomic E-state index is 14.1. The molecule has 1 heterocycles. The first-order valence-corrected chi connectivity index (χ1v) is 6.00. The van der Waals surface area contributed by atoms with E-state index in [4.69, 9.17) is 5.73 Å². The molecule has 4 heteroatoms. The Morgan fingerprint density at radius 2 is 1.94 bits per heavy atom. The molecule has 2 rings (SSSR count). The highest BCUT2D eigenvalue weighted by atomic mass is 19.1. The maximum atomic E-state index is 14.1. The van der Waals surface area contributed by atoms with Crippen molar-refractivity contribution in [3.05, 3.63) is 46.5 Å². The third-order valence-electron chi connectivity index (χ3n) is 3.38. The van der Waals surface area contributed by atoms with Crippen LogP contribution in [0.25, 0.3) is 5.69 Å². The summed E-state index contributed by atoms with van der Waals surface area (Å²) in [6.07, 6.45) is 0. The van der Waals surface area contributed by atoms with Crippen molar-refractivity contribution in [1.82, 2.24) is 9.78 Å². The van der Waals surface area contributed by atoms with Crippen molar-refractivity contribution in [2.45, 2.75) is 33.7 Å². The van der Waals surface area contributed by atoms with Crippen LogP contribution in [-0.2, 0) is 0 Å². The van der Waals surface area contributed by atoms with Crippen LogP contribution in [0, 0.1) is 26.6 Å². The summed E-state index contributed by atoms with van der Waals surface area (Å²) < 4.78 is 15.7. The lowest BCUT2D eigenvalue weighted by Gasteiger charge is -2.10. The van der Waals surface area contributed by atoms with E-state index in [1.165, 1.54) is 6.07 Å². The second-order valence-electron chi connectivity index (χ2n) is 4.71. The van der Waals surface area contributed by atoms with E-state index < -0.39 is 0 Å². The minimum Gasteiger partial charge on any atom is -0.324 e. The van der Waals surface area contributed by atoms with Gasteiger partial charge in [-0.25, -0.2) is 9.07 Å². The average molecular weight is 247 g/mol. The quantitative estimate of drug-likeness (QED) is 0.886. The molecule has 1 aromatic carbocycles. The van der Waals surface area contributed by atoms with Crippen LogP contribution in [0.15, 0.2) is 18.2 Å². The van der Waals surface area contributed by atoms with E-state index in [1.807, 2.05) is 33.8 Å². The smallest absolute Gasteiger partial charge is 0.149 e. The largest absolute Gasteiger partial charge is 0.324 e. The van der Waals surface area contributed by atoms with Gasteiger partial charge in [-0.3, -0.25) is 0 Å². The Balaban J connectivity index is 2.54. The maximum Gasteiger partial charge on any atom is 0.149 e. The van der Waals surface area contributed by atoms with Crippen molar-refractivity contribution in [3.63, 3.8) is 0 Å². The van der Waals surface area contributed by atoms with Gasteiger partial charge in [-0.1, -0.05) is 6.07 Å². The Morgan fingerprint density at radius 3 is 2.39 bits per heavy atom. The lowest BCUT2D eigenvalue weighted by atomic mass is 10.1. The van der Waals surface area contributed by atoms with Crippen molar-refractivity contribution < 1.29 is 4.39 Å². The van der Waals surface area contributed by atoms with Crippen molar-refractivity contribution >= 4 is 0 Å². The Bertz CT molecular complexity index is 585. The normalized spacial score (nSPS) is 12.8. The average Bonchev–Trinajstić information content (AvgIpc) is 2.57. The Morgan fingerprint density at radius 1 is 1.28 bits per heavy atom. The van der Waals surface area contributed by atoms with Gasteiger partial charge >= 0.3 is 0 Å².